The highest BCUT2D eigenvalue weighted by atomic mass is 16.5. The quantitative estimate of drug-likeness (QED) is 0.0320. The molecule has 1 amide bonds. The van der Waals surface area contributed by atoms with Crippen LogP contribution in [0.15, 0.2) is 36.5 Å². The van der Waals surface area contributed by atoms with Crippen LogP contribution in [0.3, 0.4) is 0 Å². The van der Waals surface area contributed by atoms with Gasteiger partial charge in [0, 0.05) is 12.8 Å². The van der Waals surface area contributed by atoms with Crippen molar-refractivity contribution in [2.45, 2.75) is 373 Å². The number of aliphatic hydroxyl groups excluding tert-OH is 2. The van der Waals surface area contributed by atoms with Crippen molar-refractivity contribution in [1.29, 1.82) is 0 Å². The van der Waals surface area contributed by atoms with Crippen LogP contribution in [0.1, 0.15) is 361 Å². The first-order valence-electron chi connectivity index (χ1n) is 33.3. The van der Waals surface area contributed by atoms with Gasteiger partial charge in [0.15, 0.2) is 0 Å². The van der Waals surface area contributed by atoms with Gasteiger partial charge in [-0.3, -0.25) is 9.59 Å². The van der Waals surface area contributed by atoms with E-state index in [-0.39, 0.29) is 18.5 Å². The van der Waals surface area contributed by atoms with E-state index in [2.05, 4.69) is 43.5 Å². The van der Waals surface area contributed by atoms with E-state index in [1.54, 1.807) is 6.08 Å². The zero-order valence-corrected chi connectivity index (χ0v) is 49.8. The van der Waals surface area contributed by atoms with Gasteiger partial charge in [0.2, 0.25) is 5.91 Å². The summed E-state index contributed by atoms with van der Waals surface area (Å²) in [7, 11) is 0. The number of nitrogens with one attached hydrogen (secondary N) is 1. The highest BCUT2D eigenvalue weighted by Gasteiger charge is 2.18. The fourth-order valence-corrected chi connectivity index (χ4v) is 10.3. The van der Waals surface area contributed by atoms with Gasteiger partial charge in [0.25, 0.3) is 0 Å². The number of allylic oxidation sites excluding steroid dienone is 5. The van der Waals surface area contributed by atoms with E-state index in [0.29, 0.717) is 19.4 Å². The van der Waals surface area contributed by atoms with E-state index in [4.69, 9.17) is 4.74 Å². The molecule has 0 spiro atoms. The molecular weight excluding hydrogens is 911 g/mol. The second kappa shape index (κ2) is 63.6. The molecule has 2 atom stereocenters. The summed E-state index contributed by atoms with van der Waals surface area (Å²) in [4.78, 5) is 24.4. The molecule has 0 fully saturated rings. The second-order valence-electron chi connectivity index (χ2n) is 22.8. The highest BCUT2D eigenvalue weighted by Crippen LogP contribution is 2.18. The van der Waals surface area contributed by atoms with Gasteiger partial charge >= 0.3 is 5.97 Å². The Morgan fingerprint density at radius 3 is 1.03 bits per heavy atom. The lowest BCUT2D eigenvalue weighted by atomic mass is 10.0. The number of hydrogen-bond acceptors (Lipinski definition) is 5. The van der Waals surface area contributed by atoms with Gasteiger partial charge in [-0.25, -0.2) is 0 Å². The molecule has 0 saturated carbocycles. The number of hydrogen-bond donors (Lipinski definition) is 3. The van der Waals surface area contributed by atoms with E-state index in [1.165, 1.54) is 289 Å². The summed E-state index contributed by atoms with van der Waals surface area (Å²) in [6, 6.07) is -0.623. The first-order valence-corrected chi connectivity index (χ1v) is 33.3. The molecular formula is C68H129NO5. The molecule has 74 heavy (non-hydrogen) atoms. The summed E-state index contributed by atoms with van der Waals surface area (Å²) < 4.78 is 5.47. The molecule has 3 N–H and O–H groups in total. The fraction of sp³-hybridized carbons (Fsp3) is 0.882. The molecule has 0 bridgehead atoms. The normalized spacial score (nSPS) is 12.8. The minimum atomic E-state index is -0.840. The summed E-state index contributed by atoms with van der Waals surface area (Å²) in [6.07, 6.45) is 81.0. The molecule has 0 aliphatic carbocycles. The Morgan fingerprint density at radius 2 is 0.676 bits per heavy atom. The van der Waals surface area contributed by atoms with Crippen LogP contribution in [0.4, 0.5) is 0 Å². The van der Waals surface area contributed by atoms with Crippen LogP contribution in [0.2, 0.25) is 0 Å². The molecule has 0 heterocycles. The van der Waals surface area contributed by atoms with E-state index in [9.17, 15) is 19.8 Å². The predicted molar refractivity (Wildman–Crippen MR) is 324 cm³/mol. The van der Waals surface area contributed by atoms with E-state index in [1.807, 2.05) is 6.08 Å². The molecule has 0 aromatic heterocycles. The predicted octanol–water partition coefficient (Wildman–Crippen LogP) is 21.1. The van der Waals surface area contributed by atoms with Crippen LogP contribution in [0.5, 0.6) is 0 Å². The highest BCUT2D eigenvalue weighted by molar-refractivity contribution is 5.76. The molecule has 0 rings (SSSR count). The van der Waals surface area contributed by atoms with Crippen LogP contribution in [-0.4, -0.2) is 47.4 Å². The lowest BCUT2D eigenvalue weighted by Crippen LogP contribution is -2.45. The maximum absolute atomic E-state index is 12.4. The number of ether oxygens (including phenoxy) is 1. The van der Waals surface area contributed by atoms with Gasteiger partial charge in [0.1, 0.15) is 0 Å². The number of amides is 1. The Kier molecular flexibility index (Phi) is 62.0. The maximum atomic E-state index is 12.4. The molecule has 6 nitrogen and oxygen atoms in total. The van der Waals surface area contributed by atoms with Crippen LogP contribution < -0.4 is 5.32 Å². The monoisotopic (exact) mass is 1040 g/mol. The Bertz CT molecular complexity index is 1200. The van der Waals surface area contributed by atoms with Gasteiger partial charge in [-0.15, -0.1) is 0 Å². The molecule has 2 unspecified atom stereocenters. The van der Waals surface area contributed by atoms with Crippen molar-refractivity contribution in [2.75, 3.05) is 13.2 Å². The van der Waals surface area contributed by atoms with Crippen molar-refractivity contribution in [1.82, 2.24) is 5.32 Å². The summed E-state index contributed by atoms with van der Waals surface area (Å²) >= 11 is 0. The largest absolute Gasteiger partial charge is 0.466 e. The van der Waals surface area contributed by atoms with Crippen molar-refractivity contribution in [2.24, 2.45) is 0 Å². The fourth-order valence-electron chi connectivity index (χ4n) is 10.3. The Hall–Kier alpha value is -1.92. The number of aliphatic hydroxyl groups is 2. The SMILES string of the molecule is CCCCCCCCC/C=C/C(O)C(CO)NC(=O)CCCCCCCCCCCCCCCCCCC/C=C\C/C=C\CCCCCCCCCCCCCCCOC(=O)CCCCCCCCCCCCC. The van der Waals surface area contributed by atoms with Crippen molar-refractivity contribution in [3.8, 4) is 0 Å². The second-order valence-corrected chi connectivity index (χ2v) is 22.8. The van der Waals surface area contributed by atoms with Crippen LogP contribution in [0, 0.1) is 0 Å². The third-order valence-corrected chi connectivity index (χ3v) is 15.4. The minimum Gasteiger partial charge on any atom is -0.466 e. The molecule has 0 aliphatic rings. The molecule has 0 aromatic carbocycles. The zero-order chi connectivity index (χ0) is 53.6. The van der Waals surface area contributed by atoms with Crippen LogP contribution in [-0.2, 0) is 14.3 Å². The Labute approximate surface area is 462 Å². The van der Waals surface area contributed by atoms with E-state index < -0.39 is 12.1 Å². The first-order chi connectivity index (χ1) is 36.5. The van der Waals surface area contributed by atoms with Gasteiger partial charge in [0.05, 0.1) is 25.4 Å². The lowest BCUT2D eigenvalue weighted by molar-refractivity contribution is -0.143. The number of esters is 1. The number of rotatable bonds is 62. The van der Waals surface area contributed by atoms with Gasteiger partial charge in [-0.05, 0) is 64.2 Å². The molecule has 0 saturated heterocycles. The van der Waals surface area contributed by atoms with E-state index >= 15 is 0 Å². The summed E-state index contributed by atoms with van der Waals surface area (Å²) in [5.74, 6) is -0.0488. The van der Waals surface area contributed by atoms with Gasteiger partial charge < -0.3 is 20.3 Å². The first kappa shape index (κ1) is 72.1. The smallest absolute Gasteiger partial charge is 0.305 e. The minimum absolute atomic E-state index is 0.0182. The molecule has 6 heteroatoms. The van der Waals surface area contributed by atoms with Gasteiger partial charge in [-0.1, -0.05) is 320 Å². The summed E-state index contributed by atoms with van der Waals surface area (Å²) in [5.41, 5.74) is 0. The zero-order valence-electron chi connectivity index (χ0n) is 49.8. The number of unbranched alkanes of at least 4 members (excludes halogenated alkanes) is 47. The molecule has 0 aromatic rings. The van der Waals surface area contributed by atoms with Crippen LogP contribution >= 0.6 is 0 Å². The lowest BCUT2D eigenvalue weighted by Gasteiger charge is -2.20. The molecule has 436 valence electrons. The number of carbonyl (C=O) groups excluding carboxylic acids is 2. The van der Waals surface area contributed by atoms with Gasteiger partial charge in [-0.2, -0.15) is 0 Å². The van der Waals surface area contributed by atoms with E-state index in [0.717, 1.165) is 44.9 Å². The van der Waals surface area contributed by atoms with Crippen molar-refractivity contribution < 1.29 is 24.5 Å². The standard InChI is InChI=1S/C68H129NO5/c1-3-5-7-9-11-13-41-46-50-54-58-62-68(73)74-63-59-55-51-47-43-40-38-36-34-32-30-28-26-24-22-20-18-16-14-15-17-19-21-23-25-27-29-31-33-35-37-39-42-45-49-53-57-61-67(72)69-65(64-70)66(71)60-56-52-48-44-12-10-8-6-4-2/h14,16,20,22,56,60,65-66,70-71H,3-13,15,17-19,21,23-55,57-59,61-64H2,1-2H3,(H,69,72)/b16-14-,22-20-,60-56+. The van der Waals surface area contributed by atoms with Crippen molar-refractivity contribution in [3.63, 3.8) is 0 Å². The third-order valence-electron chi connectivity index (χ3n) is 15.4. The Morgan fingerprint density at radius 1 is 0.378 bits per heavy atom. The summed E-state index contributed by atoms with van der Waals surface area (Å²) in [5, 5.41) is 23.0. The average Bonchev–Trinajstić information content (AvgIpc) is 3.40. The van der Waals surface area contributed by atoms with Crippen molar-refractivity contribution in [3.05, 3.63) is 36.5 Å². The topological polar surface area (TPSA) is 95.9 Å². The summed E-state index contributed by atoms with van der Waals surface area (Å²) in [6.45, 7) is 4.89. The molecule has 0 radical (unpaired) electrons. The van der Waals surface area contributed by atoms with Crippen LogP contribution in [0.25, 0.3) is 0 Å². The average molecular weight is 1040 g/mol. The number of carbonyl (C=O) groups is 2. The molecule has 0 aliphatic heterocycles. The Balaban J connectivity index is 3.34. The van der Waals surface area contributed by atoms with Crippen molar-refractivity contribution >= 4 is 11.9 Å². The third kappa shape index (κ3) is 59.3. The maximum Gasteiger partial charge on any atom is 0.305 e.